The predicted octanol–water partition coefficient (Wildman–Crippen LogP) is 5.69. The average molecular weight is 551 g/mol. The van der Waals surface area contributed by atoms with Gasteiger partial charge >= 0.3 is 0 Å². The van der Waals surface area contributed by atoms with Gasteiger partial charge in [-0.1, -0.05) is 43.3 Å². The van der Waals surface area contributed by atoms with Crippen molar-refractivity contribution in [3.8, 4) is 11.8 Å². The highest BCUT2D eigenvalue weighted by Gasteiger charge is 2.32. The number of fused-ring (bicyclic) bond motifs is 1. The van der Waals surface area contributed by atoms with Crippen LogP contribution in [0.2, 0.25) is 0 Å². The highest BCUT2D eigenvalue weighted by molar-refractivity contribution is 5.99. The number of halogens is 1. The van der Waals surface area contributed by atoms with E-state index in [2.05, 4.69) is 61.7 Å². The van der Waals surface area contributed by atoms with Crippen LogP contribution >= 0.6 is 0 Å². The van der Waals surface area contributed by atoms with Gasteiger partial charge in [0.25, 0.3) is 0 Å². The van der Waals surface area contributed by atoms with Crippen molar-refractivity contribution in [1.82, 2.24) is 25.9 Å². The minimum Gasteiger partial charge on any atom is -0.494 e. The van der Waals surface area contributed by atoms with E-state index in [4.69, 9.17) is 4.74 Å². The quantitative estimate of drug-likeness (QED) is 0.185. The third-order valence-electron chi connectivity index (χ3n) is 7.46. The molecule has 1 saturated carbocycles. The number of hydrazine groups is 2. The fourth-order valence-corrected chi connectivity index (χ4v) is 5.14. The molecule has 6 rings (SSSR count). The normalized spacial score (nSPS) is 16.0. The number of aromatic nitrogens is 2. The summed E-state index contributed by atoms with van der Waals surface area (Å²) in [6, 6.07) is 19.4. The number of pyridine rings is 2. The molecule has 4 N–H and O–H groups in total. The summed E-state index contributed by atoms with van der Waals surface area (Å²) in [5.74, 6) is 0.0214. The van der Waals surface area contributed by atoms with Gasteiger partial charge in [0.05, 0.1) is 36.1 Å². The van der Waals surface area contributed by atoms with E-state index >= 15 is 0 Å². The van der Waals surface area contributed by atoms with Crippen LogP contribution in [-0.4, -0.2) is 28.1 Å². The number of nitriles is 1. The molecule has 0 saturated heterocycles. The number of hydrogen-bond acceptors (Lipinski definition) is 9. The molecule has 2 aromatic carbocycles. The van der Waals surface area contributed by atoms with E-state index in [0.29, 0.717) is 28.6 Å². The summed E-state index contributed by atoms with van der Waals surface area (Å²) in [4.78, 5) is 8.48. The Hall–Kier alpha value is -4.88. The first-order valence-corrected chi connectivity index (χ1v) is 13.7. The van der Waals surface area contributed by atoms with E-state index in [1.165, 1.54) is 12.3 Å². The fourth-order valence-electron chi connectivity index (χ4n) is 5.14. The number of hydrogen-bond donors (Lipinski definition) is 4. The molecule has 0 spiro atoms. The smallest absolute Gasteiger partial charge is 0.212 e. The molecule has 2 atom stereocenters. The molecule has 1 aliphatic heterocycles. The van der Waals surface area contributed by atoms with E-state index < -0.39 is 5.95 Å². The molecule has 0 bridgehead atoms. The van der Waals surface area contributed by atoms with Crippen molar-refractivity contribution >= 4 is 22.3 Å². The van der Waals surface area contributed by atoms with Gasteiger partial charge < -0.3 is 20.8 Å². The van der Waals surface area contributed by atoms with Crippen LogP contribution in [-0.2, 0) is 0 Å². The van der Waals surface area contributed by atoms with Gasteiger partial charge in [0.2, 0.25) is 5.95 Å². The average Bonchev–Trinajstić information content (AvgIpc) is 3.75. The van der Waals surface area contributed by atoms with Gasteiger partial charge in [0, 0.05) is 41.8 Å². The van der Waals surface area contributed by atoms with E-state index in [9.17, 15) is 9.65 Å². The third kappa shape index (κ3) is 5.44. The van der Waals surface area contributed by atoms with Crippen LogP contribution < -0.4 is 26.3 Å². The monoisotopic (exact) mass is 550 g/mol. The number of benzene rings is 2. The molecule has 0 amide bonds. The first kappa shape index (κ1) is 26.3. The minimum absolute atomic E-state index is 0.0122. The standard InChI is InChI=1S/C31H31FN8O/c1-3-25(19-7-5-4-6-8-19)37-29-21(15-33)17-35-31-24(29)13-22(14-27(31)41-2)36-30(20-9-12-28(32)34-16-20)26-18-40(39-38-26)23-10-11-23/h4-9,12-14,16-18,23,25,30,36,38-39H,3,10-11H2,1-2H3,(H,35,37)/t25-,30-/m1/s1. The van der Waals surface area contributed by atoms with Crippen molar-refractivity contribution in [2.75, 3.05) is 17.7 Å². The number of nitrogens with one attached hydrogen (secondary N) is 4. The second kappa shape index (κ2) is 11.3. The zero-order chi connectivity index (χ0) is 28.3. The summed E-state index contributed by atoms with van der Waals surface area (Å²) in [7, 11) is 1.60. The first-order chi connectivity index (χ1) is 20.1. The van der Waals surface area contributed by atoms with Crippen LogP contribution in [0.3, 0.4) is 0 Å². The molecule has 41 heavy (non-hydrogen) atoms. The number of nitrogens with zero attached hydrogens (tertiary/aromatic N) is 4. The van der Waals surface area contributed by atoms with Crippen LogP contribution in [0.25, 0.3) is 10.9 Å². The first-order valence-electron chi connectivity index (χ1n) is 13.7. The molecule has 0 radical (unpaired) electrons. The predicted molar refractivity (Wildman–Crippen MR) is 156 cm³/mol. The van der Waals surface area contributed by atoms with Crippen molar-refractivity contribution in [2.45, 2.75) is 44.3 Å². The van der Waals surface area contributed by atoms with Gasteiger partial charge in [-0.15, -0.1) is 5.53 Å². The lowest BCUT2D eigenvalue weighted by Crippen LogP contribution is -2.38. The molecular weight excluding hydrogens is 519 g/mol. The van der Waals surface area contributed by atoms with Crippen LogP contribution in [0.15, 0.2) is 78.9 Å². The van der Waals surface area contributed by atoms with Crippen molar-refractivity contribution in [2.24, 2.45) is 0 Å². The van der Waals surface area contributed by atoms with E-state index in [-0.39, 0.29) is 12.1 Å². The van der Waals surface area contributed by atoms with Crippen LogP contribution in [0.4, 0.5) is 15.8 Å². The molecular formula is C31H31FN8O. The van der Waals surface area contributed by atoms with Gasteiger partial charge in [0.15, 0.2) is 0 Å². The molecule has 208 valence electrons. The Morgan fingerprint density at radius 2 is 1.93 bits per heavy atom. The molecule has 9 nitrogen and oxygen atoms in total. The Labute approximate surface area is 238 Å². The second-order valence-corrected chi connectivity index (χ2v) is 10.2. The third-order valence-corrected chi connectivity index (χ3v) is 7.46. The molecule has 2 aliphatic rings. The maximum absolute atomic E-state index is 13.7. The maximum atomic E-state index is 13.7. The minimum atomic E-state index is -0.541. The topological polar surface area (TPSA) is 110 Å². The molecule has 4 aromatic rings. The van der Waals surface area contributed by atoms with E-state index in [0.717, 1.165) is 47.2 Å². The second-order valence-electron chi connectivity index (χ2n) is 10.2. The number of rotatable bonds is 10. The summed E-state index contributed by atoms with van der Waals surface area (Å²) >= 11 is 0. The van der Waals surface area contributed by atoms with E-state index in [1.54, 1.807) is 19.4 Å². The Morgan fingerprint density at radius 3 is 2.61 bits per heavy atom. The van der Waals surface area contributed by atoms with Crippen molar-refractivity contribution in [3.05, 3.63) is 102 Å². The Balaban J connectivity index is 1.43. The van der Waals surface area contributed by atoms with Gasteiger partial charge in [-0.25, -0.2) is 4.98 Å². The van der Waals surface area contributed by atoms with E-state index in [1.807, 2.05) is 36.5 Å². The Morgan fingerprint density at radius 1 is 1.10 bits per heavy atom. The number of ether oxygens (including phenoxy) is 1. The highest BCUT2D eigenvalue weighted by Crippen LogP contribution is 2.39. The molecule has 2 aromatic heterocycles. The molecule has 0 unspecified atom stereocenters. The zero-order valence-electron chi connectivity index (χ0n) is 22.9. The molecule has 1 aliphatic carbocycles. The lowest BCUT2D eigenvalue weighted by Gasteiger charge is -2.24. The SMILES string of the molecule is CC[C@@H](Nc1c(C#N)cnc2c(OC)cc(N[C@@H](C3=CN(C4CC4)NN3)c3ccc(F)nc3)cc12)c1ccccc1. The molecule has 3 heterocycles. The van der Waals surface area contributed by atoms with Gasteiger partial charge in [-0.3, -0.25) is 9.99 Å². The maximum Gasteiger partial charge on any atom is 0.212 e. The number of methoxy groups -OCH3 is 1. The molecule has 1 fully saturated rings. The lowest BCUT2D eigenvalue weighted by atomic mass is 10.0. The summed E-state index contributed by atoms with van der Waals surface area (Å²) in [6.45, 7) is 2.11. The Bertz CT molecular complexity index is 1620. The van der Waals surface area contributed by atoms with Gasteiger partial charge in [-0.05, 0) is 42.5 Å². The Kier molecular flexibility index (Phi) is 7.27. The summed E-state index contributed by atoms with van der Waals surface area (Å²) in [5, 5.41) is 20.0. The highest BCUT2D eigenvalue weighted by atomic mass is 19.1. The van der Waals surface area contributed by atoms with Crippen molar-refractivity contribution < 1.29 is 9.13 Å². The van der Waals surface area contributed by atoms with Crippen molar-refractivity contribution in [3.63, 3.8) is 0 Å². The largest absolute Gasteiger partial charge is 0.494 e. The van der Waals surface area contributed by atoms with Crippen LogP contribution in [0.1, 0.15) is 55.0 Å². The summed E-state index contributed by atoms with van der Waals surface area (Å²) in [6.07, 6.45) is 8.21. The molecule has 10 heteroatoms. The van der Waals surface area contributed by atoms with Gasteiger partial charge in [-0.2, -0.15) is 9.65 Å². The van der Waals surface area contributed by atoms with Crippen LogP contribution in [0, 0.1) is 17.3 Å². The van der Waals surface area contributed by atoms with Gasteiger partial charge in [0.1, 0.15) is 17.3 Å². The summed E-state index contributed by atoms with van der Waals surface area (Å²) < 4.78 is 19.5. The number of anilines is 2. The van der Waals surface area contributed by atoms with Crippen LogP contribution in [0.5, 0.6) is 5.75 Å². The summed E-state index contributed by atoms with van der Waals surface area (Å²) in [5.41, 5.74) is 11.8. The van der Waals surface area contributed by atoms with Crippen molar-refractivity contribution in [1.29, 1.82) is 5.26 Å². The fraction of sp³-hybridized carbons (Fsp3) is 0.258. The lowest BCUT2D eigenvalue weighted by molar-refractivity contribution is 0.260. The zero-order valence-corrected chi connectivity index (χ0v) is 22.9.